The van der Waals surface area contributed by atoms with Gasteiger partial charge in [-0.3, -0.25) is 0 Å². The van der Waals surface area contributed by atoms with Crippen molar-refractivity contribution in [1.29, 1.82) is 0 Å². The maximum Gasteiger partial charge on any atom is 0.137 e. The Bertz CT molecular complexity index is 1150. The number of thiophene rings is 1. The summed E-state index contributed by atoms with van der Waals surface area (Å²) in [6, 6.07) is 23.8. The van der Waals surface area contributed by atoms with Gasteiger partial charge in [-0.15, -0.1) is 11.3 Å². The van der Waals surface area contributed by atoms with Crippen LogP contribution in [-0.4, -0.2) is 9.97 Å². The van der Waals surface area contributed by atoms with Crippen LogP contribution in [-0.2, 0) is 0 Å². The Morgan fingerprint density at radius 1 is 0.792 bits per heavy atom. The second-order valence-corrected chi connectivity index (χ2v) is 6.85. The fraction of sp³-hybridized carbons (Fsp3) is 0. The number of fused-ring (bicyclic) bond motifs is 3. The van der Waals surface area contributed by atoms with E-state index < -0.39 is 0 Å². The Kier molecular flexibility index (Phi) is 3.00. The number of aromatic amines is 1. The standard InChI is InChI=1S/C21H14N2S/c1-2-10-19-17(7-1)18-9-4-8-16(20(18)24-19)14-5-3-6-15(13-14)21-22-11-12-23-21/h1-13H,(H,22,23). The van der Waals surface area contributed by atoms with Crippen LogP contribution in [0.5, 0.6) is 0 Å². The molecule has 0 aliphatic carbocycles. The summed E-state index contributed by atoms with van der Waals surface area (Å²) in [4.78, 5) is 7.55. The van der Waals surface area contributed by atoms with E-state index in [1.807, 2.05) is 17.5 Å². The van der Waals surface area contributed by atoms with Gasteiger partial charge in [0.15, 0.2) is 0 Å². The molecule has 2 heterocycles. The highest BCUT2D eigenvalue weighted by atomic mass is 32.1. The van der Waals surface area contributed by atoms with Gasteiger partial charge in [0.1, 0.15) is 5.82 Å². The highest BCUT2D eigenvalue weighted by molar-refractivity contribution is 7.26. The average Bonchev–Trinajstić information content (AvgIpc) is 3.29. The van der Waals surface area contributed by atoms with Gasteiger partial charge in [0.05, 0.1) is 0 Å². The van der Waals surface area contributed by atoms with Crippen molar-refractivity contribution in [3.8, 4) is 22.5 Å². The largest absolute Gasteiger partial charge is 0.345 e. The number of nitrogens with one attached hydrogen (secondary N) is 1. The van der Waals surface area contributed by atoms with E-state index in [9.17, 15) is 0 Å². The van der Waals surface area contributed by atoms with E-state index in [2.05, 4.69) is 76.7 Å². The number of hydrogen-bond acceptors (Lipinski definition) is 2. The smallest absolute Gasteiger partial charge is 0.137 e. The summed E-state index contributed by atoms with van der Waals surface area (Å²) in [7, 11) is 0. The summed E-state index contributed by atoms with van der Waals surface area (Å²) >= 11 is 1.86. The Morgan fingerprint density at radius 3 is 2.54 bits per heavy atom. The first kappa shape index (κ1) is 13.5. The maximum atomic E-state index is 4.37. The molecule has 5 aromatic rings. The molecule has 3 aromatic carbocycles. The number of rotatable bonds is 2. The molecule has 0 spiro atoms. The summed E-state index contributed by atoms with van der Waals surface area (Å²) < 4.78 is 2.68. The summed E-state index contributed by atoms with van der Waals surface area (Å²) in [5.74, 6) is 0.903. The van der Waals surface area contributed by atoms with Gasteiger partial charge < -0.3 is 4.98 Å². The fourth-order valence-corrected chi connectivity index (χ4v) is 4.47. The third-order valence-corrected chi connectivity index (χ3v) is 5.57. The van der Waals surface area contributed by atoms with Crippen molar-refractivity contribution in [2.75, 3.05) is 0 Å². The van der Waals surface area contributed by atoms with Crippen LogP contribution < -0.4 is 0 Å². The first-order valence-electron chi connectivity index (χ1n) is 7.90. The van der Waals surface area contributed by atoms with Gasteiger partial charge in [0.25, 0.3) is 0 Å². The molecule has 114 valence electrons. The number of benzene rings is 3. The molecule has 0 saturated carbocycles. The lowest BCUT2D eigenvalue weighted by Gasteiger charge is -2.06. The van der Waals surface area contributed by atoms with Crippen LogP contribution in [0.4, 0.5) is 0 Å². The summed E-state index contributed by atoms with van der Waals surface area (Å²) in [6.45, 7) is 0. The third kappa shape index (κ3) is 2.06. The molecule has 3 heteroatoms. The molecular weight excluding hydrogens is 312 g/mol. The predicted molar refractivity (Wildman–Crippen MR) is 102 cm³/mol. The van der Waals surface area contributed by atoms with E-state index in [1.54, 1.807) is 6.20 Å². The number of imidazole rings is 1. The number of hydrogen-bond donors (Lipinski definition) is 1. The molecule has 0 radical (unpaired) electrons. The lowest BCUT2D eigenvalue weighted by molar-refractivity contribution is 1.31. The van der Waals surface area contributed by atoms with Crippen LogP contribution in [0, 0.1) is 0 Å². The Morgan fingerprint density at radius 2 is 1.62 bits per heavy atom. The van der Waals surface area contributed by atoms with Gasteiger partial charge in [-0.25, -0.2) is 4.98 Å². The highest BCUT2D eigenvalue weighted by Crippen LogP contribution is 2.40. The average molecular weight is 326 g/mol. The van der Waals surface area contributed by atoms with Crippen LogP contribution in [0.3, 0.4) is 0 Å². The minimum absolute atomic E-state index is 0.903. The lowest BCUT2D eigenvalue weighted by Crippen LogP contribution is -1.83. The van der Waals surface area contributed by atoms with Gasteiger partial charge in [0.2, 0.25) is 0 Å². The molecule has 0 saturated heterocycles. The molecule has 24 heavy (non-hydrogen) atoms. The van der Waals surface area contributed by atoms with Crippen molar-refractivity contribution in [3.05, 3.63) is 79.1 Å². The monoisotopic (exact) mass is 326 g/mol. The Hall–Kier alpha value is -2.91. The number of nitrogens with zero attached hydrogens (tertiary/aromatic N) is 1. The van der Waals surface area contributed by atoms with Crippen LogP contribution in [0.15, 0.2) is 79.1 Å². The molecule has 2 nitrogen and oxygen atoms in total. The normalized spacial score (nSPS) is 11.3. The molecule has 0 amide bonds. The number of aromatic nitrogens is 2. The van der Waals surface area contributed by atoms with E-state index in [0.717, 1.165) is 11.4 Å². The second kappa shape index (κ2) is 5.32. The molecule has 5 rings (SSSR count). The quantitative estimate of drug-likeness (QED) is 0.416. The van der Waals surface area contributed by atoms with E-state index in [1.165, 1.54) is 31.3 Å². The van der Waals surface area contributed by atoms with Gasteiger partial charge in [-0.05, 0) is 23.3 Å². The van der Waals surface area contributed by atoms with Crippen molar-refractivity contribution in [2.45, 2.75) is 0 Å². The van der Waals surface area contributed by atoms with Crippen molar-refractivity contribution >= 4 is 31.5 Å². The zero-order chi connectivity index (χ0) is 15.9. The topological polar surface area (TPSA) is 28.7 Å². The predicted octanol–water partition coefficient (Wildman–Crippen LogP) is 6.11. The lowest BCUT2D eigenvalue weighted by atomic mass is 10.0. The minimum Gasteiger partial charge on any atom is -0.345 e. The highest BCUT2D eigenvalue weighted by Gasteiger charge is 2.10. The molecular formula is C21H14N2S. The number of H-pyrrole nitrogens is 1. The second-order valence-electron chi connectivity index (χ2n) is 5.80. The summed E-state index contributed by atoms with van der Waals surface area (Å²) in [5.41, 5.74) is 3.61. The first-order chi connectivity index (χ1) is 11.9. The van der Waals surface area contributed by atoms with Gasteiger partial charge >= 0.3 is 0 Å². The molecule has 0 aliphatic rings. The molecule has 0 fully saturated rings. The van der Waals surface area contributed by atoms with E-state index >= 15 is 0 Å². The SMILES string of the molecule is c1cc(-c2ncc[nH]2)cc(-c2cccc3c2sc2ccccc23)c1. The Labute approximate surface area is 143 Å². The molecule has 2 aromatic heterocycles. The molecule has 0 atom stereocenters. The van der Waals surface area contributed by atoms with Crippen LogP contribution in [0.1, 0.15) is 0 Å². The van der Waals surface area contributed by atoms with Gasteiger partial charge in [0, 0.05) is 38.1 Å². The molecule has 0 aliphatic heterocycles. The molecule has 1 N–H and O–H groups in total. The van der Waals surface area contributed by atoms with Crippen LogP contribution >= 0.6 is 11.3 Å². The Balaban J connectivity index is 1.76. The zero-order valence-corrected chi connectivity index (χ0v) is 13.7. The molecule has 0 bridgehead atoms. The fourth-order valence-electron chi connectivity index (χ4n) is 3.23. The van der Waals surface area contributed by atoms with Crippen LogP contribution in [0.25, 0.3) is 42.7 Å². The van der Waals surface area contributed by atoms with Crippen molar-refractivity contribution in [2.24, 2.45) is 0 Å². The van der Waals surface area contributed by atoms with Crippen LogP contribution in [0.2, 0.25) is 0 Å². The third-order valence-electron chi connectivity index (χ3n) is 4.35. The minimum atomic E-state index is 0.903. The first-order valence-corrected chi connectivity index (χ1v) is 8.72. The van der Waals surface area contributed by atoms with E-state index in [4.69, 9.17) is 0 Å². The summed E-state index contributed by atoms with van der Waals surface area (Å²) in [6.07, 6.45) is 3.64. The van der Waals surface area contributed by atoms with E-state index in [0.29, 0.717) is 0 Å². The van der Waals surface area contributed by atoms with Gasteiger partial charge in [-0.2, -0.15) is 0 Å². The van der Waals surface area contributed by atoms with Gasteiger partial charge in [-0.1, -0.05) is 54.6 Å². The maximum absolute atomic E-state index is 4.37. The molecule has 0 unspecified atom stereocenters. The van der Waals surface area contributed by atoms with Crippen molar-refractivity contribution in [1.82, 2.24) is 9.97 Å². The van der Waals surface area contributed by atoms with E-state index in [-0.39, 0.29) is 0 Å². The zero-order valence-electron chi connectivity index (χ0n) is 12.9. The van der Waals surface area contributed by atoms with Crippen molar-refractivity contribution in [3.63, 3.8) is 0 Å². The van der Waals surface area contributed by atoms with Crippen molar-refractivity contribution < 1.29 is 0 Å². The summed E-state index contributed by atoms with van der Waals surface area (Å²) in [5, 5.41) is 2.66.